The molecule has 1 amide bonds. The molecule has 0 aliphatic carbocycles. The Bertz CT molecular complexity index is 1140. The van der Waals surface area contributed by atoms with Gasteiger partial charge in [-0.25, -0.2) is 0 Å². The van der Waals surface area contributed by atoms with Crippen LogP contribution in [0.15, 0.2) is 60.7 Å². The summed E-state index contributed by atoms with van der Waals surface area (Å²) in [6, 6.07) is 16.5. The number of carbonyl (C=O) groups is 2. The molecule has 180 valence electrons. The number of rotatable bonds is 9. The number of nitrogens with one attached hydrogen (secondary N) is 1. The maximum atomic E-state index is 13.1. The summed E-state index contributed by atoms with van der Waals surface area (Å²) in [5.74, 6) is -1.39. The third-order valence-electron chi connectivity index (χ3n) is 5.26. The lowest BCUT2D eigenvalue weighted by molar-refractivity contribution is -0.137. The van der Waals surface area contributed by atoms with Crippen LogP contribution in [-0.4, -0.2) is 44.6 Å². The van der Waals surface area contributed by atoms with Crippen molar-refractivity contribution in [2.75, 3.05) is 6.61 Å². The van der Waals surface area contributed by atoms with Gasteiger partial charge in [0, 0.05) is 6.07 Å². The molecule has 34 heavy (non-hydrogen) atoms. The quantitative estimate of drug-likeness (QED) is 0.417. The molecule has 1 aromatic heterocycles. The molecule has 3 N–H and O–H groups in total. The lowest BCUT2D eigenvalue weighted by atomic mass is 9.90. The summed E-state index contributed by atoms with van der Waals surface area (Å²) in [7, 11) is 0. The predicted octanol–water partition coefficient (Wildman–Crippen LogP) is 4.26. The fourth-order valence-electron chi connectivity index (χ4n) is 3.13. The molecule has 0 saturated heterocycles. The Morgan fingerprint density at radius 3 is 2.38 bits per heavy atom. The van der Waals surface area contributed by atoms with Crippen LogP contribution in [0, 0.1) is 5.41 Å². The van der Waals surface area contributed by atoms with Crippen LogP contribution in [0.2, 0.25) is 5.02 Å². The van der Waals surface area contributed by atoms with Crippen LogP contribution >= 0.6 is 11.6 Å². The van der Waals surface area contributed by atoms with Crippen molar-refractivity contribution < 1.29 is 24.5 Å². The van der Waals surface area contributed by atoms with Gasteiger partial charge in [-0.15, -0.1) is 0 Å². The average molecular weight is 486 g/mol. The largest absolute Gasteiger partial charge is 0.481 e. The van der Waals surface area contributed by atoms with E-state index in [0.29, 0.717) is 16.3 Å². The maximum Gasteiger partial charge on any atom is 0.305 e. The molecule has 9 heteroatoms. The van der Waals surface area contributed by atoms with Crippen LogP contribution < -0.4 is 10.1 Å². The highest BCUT2D eigenvalue weighted by atomic mass is 35.5. The Kier molecular flexibility index (Phi) is 7.96. The zero-order valence-electron chi connectivity index (χ0n) is 19.2. The maximum absolute atomic E-state index is 13.1. The number of carboxylic acids is 1. The normalized spacial score (nSPS) is 13.2. The summed E-state index contributed by atoms with van der Waals surface area (Å²) in [4.78, 5) is 24.5. The number of carbonyl (C=O) groups excluding carboxylic acids is 1. The third-order valence-corrected chi connectivity index (χ3v) is 5.58. The Labute approximate surface area is 203 Å². The fraction of sp³-hybridized carbons (Fsp3) is 0.320. The van der Waals surface area contributed by atoms with E-state index in [1.807, 2.05) is 26.8 Å². The molecule has 0 aliphatic heterocycles. The molecule has 0 spiro atoms. The van der Waals surface area contributed by atoms with Crippen LogP contribution in [0.25, 0.3) is 5.69 Å². The van der Waals surface area contributed by atoms with Crippen LogP contribution in [0.3, 0.4) is 0 Å². The smallest absolute Gasteiger partial charge is 0.305 e. The van der Waals surface area contributed by atoms with Gasteiger partial charge in [0.15, 0.2) is 5.69 Å². The number of carboxylic acid groups (broad SMARTS) is 1. The van der Waals surface area contributed by atoms with E-state index in [2.05, 4.69) is 10.4 Å². The van der Waals surface area contributed by atoms with Crippen molar-refractivity contribution in [1.29, 1.82) is 0 Å². The number of nitrogens with zero attached hydrogens (tertiary/aromatic N) is 2. The second-order valence-corrected chi connectivity index (χ2v) is 9.37. The van der Waals surface area contributed by atoms with Crippen molar-refractivity contribution in [2.24, 2.45) is 5.41 Å². The first-order chi connectivity index (χ1) is 16.1. The molecule has 1 heterocycles. The van der Waals surface area contributed by atoms with E-state index in [4.69, 9.17) is 16.3 Å². The van der Waals surface area contributed by atoms with Gasteiger partial charge in [0.25, 0.3) is 5.91 Å². The van der Waals surface area contributed by atoms with Gasteiger partial charge < -0.3 is 20.3 Å². The third kappa shape index (κ3) is 6.36. The van der Waals surface area contributed by atoms with Crippen molar-refractivity contribution in [3.05, 3.63) is 76.9 Å². The summed E-state index contributed by atoms with van der Waals surface area (Å²) in [6.45, 7) is 5.64. The fourth-order valence-corrected chi connectivity index (χ4v) is 3.35. The van der Waals surface area contributed by atoms with Gasteiger partial charge in [-0.2, -0.15) is 9.78 Å². The summed E-state index contributed by atoms with van der Waals surface area (Å²) < 4.78 is 7.23. The number of ether oxygens (including phenoxy) is 1. The van der Waals surface area contributed by atoms with Crippen LogP contribution in [0.1, 0.15) is 49.3 Å². The minimum absolute atomic E-state index is 0.0199. The number of aromatic nitrogens is 2. The molecule has 2 unspecified atom stereocenters. The molecule has 0 radical (unpaired) electrons. The van der Waals surface area contributed by atoms with Gasteiger partial charge in [0.2, 0.25) is 5.88 Å². The topological polar surface area (TPSA) is 114 Å². The van der Waals surface area contributed by atoms with E-state index in [1.165, 1.54) is 10.7 Å². The number of hydrogen-bond donors (Lipinski definition) is 3. The summed E-state index contributed by atoms with van der Waals surface area (Å²) >= 11 is 6.34. The number of para-hydroxylation sites is 1. The number of aliphatic hydroxyl groups is 1. The molecular formula is C25H28ClN3O5. The Balaban J connectivity index is 1.92. The second kappa shape index (κ2) is 10.7. The van der Waals surface area contributed by atoms with E-state index in [9.17, 15) is 19.8 Å². The van der Waals surface area contributed by atoms with Gasteiger partial charge in [-0.1, -0.05) is 74.8 Å². The Morgan fingerprint density at radius 1 is 1.12 bits per heavy atom. The van der Waals surface area contributed by atoms with Crippen molar-refractivity contribution in [1.82, 2.24) is 15.1 Å². The molecule has 2 atom stereocenters. The molecule has 0 fully saturated rings. The molecular weight excluding hydrogens is 458 g/mol. The lowest BCUT2D eigenvalue weighted by Gasteiger charge is -2.25. The highest BCUT2D eigenvalue weighted by molar-refractivity contribution is 6.32. The van der Waals surface area contributed by atoms with Crippen LogP contribution in [-0.2, 0) is 4.79 Å². The summed E-state index contributed by atoms with van der Waals surface area (Å²) in [6.07, 6.45) is -1.06. The summed E-state index contributed by atoms with van der Waals surface area (Å²) in [5, 5.41) is 27.2. The standard InChI is InChI=1S/C25H28ClN3O5/c1-25(2,3)21(30)15-34-22-13-19(28-29(22)20-12-8-7-11-17(20)26)24(33)27-18(14-23(31)32)16-9-5-4-6-10-16/h4-13,18,21,30H,14-15H2,1-3H3,(H,27,33)(H,31,32). The molecule has 0 aliphatic rings. The average Bonchev–Trinajstić information content (AvgIpc) is 3.21. The highest BCUT2D eigenvalue weighted by Crippen LogP contribution is 2.27. The molecule has 0 bridgehead atoms. The SMILES string of the molecule is CC(C)(C)C(O)COc1cc(C(=O)NC(CC(=O)O)c2ccccc2)nn1-c1ccccc1Cl. The van der Waals surface area contributed by atoms with E-state index >= 15 is 0 Å². The number of benzene rings is 2. The van der Waals surface area contributed by atoms with E-state index in [1.54, 1.807) is 48.5 Å². The van der Waals surface area contributed by atoms with E-state index in [0.717, 1.165) is 0 Å². The number of amides is 1. The van der Waals surface area contributed by atoms with Gasteiger partial charge in [-0.3, -0.25) is 9.59 Å². The second-order valence-electron chi connectivity index (χ2n) is 8.96. The van der Waals surface area contributed by atoms with Crippen molar-refractivity contribution in [3.63, 3.8) is 0 Å². The monoisotopic (exact) mass is 485 g/mol. The number of halogens is 1. The van der Waals surface area contributed by atoms with E-state index in [-0.39, 0.29) is 24.6 Å². The zero-order chi connectivity index (χ0) is 24.9. The number of hydrogen-bond acceptors (Lipinski definition) is 5. The minimum Gasteiger partial charge on any atom is -0.481 e. The number of aliphatic carboxylic acids is 1. The van der Waals surface area contributed by atoms with Gasteiger partial charge in [0.05, 0.1) is 29.3 Å². The first-order valence-corrected chi connectivity index (χ1v) is 11.2. The first kappa shape index (κ1) is 25.3. The molecule has 3 aromatic rings. The highest BCUT2D eigenvalue weighted by Gasteiger charge is 2.26. The van der Waals surface area contributed by atoms with Crippen LogP contribution in [0.5, 0.6) is 5.88 Å². The van der Waals surface area contributed by atoms with Crippen molar-refractivity contribution in [3.8, 4) is 11.6 Å². The number of aliphatic hydroxyl groups excluding tert-OH is 1. The minimum atomic E-state index is -1.05. The van der Waals surface area contributed by atoms with Crippen molar-refractivity contribution >= 4 is 23.5 Å². The molecule has 3 rings (SSSR count). The lowest BCUT2D eigenvalue weighted by Crippen LogP contribution is -2.32. The molecule has 2 aromatic carbocycles. The van der Waals surface area contributed by atoms with E-state index < -0.39 is 29.4 Å². The van der Waals surface area contributed by atoms with Crippen molar-refractivity contribution in [2.45, 2.75) is 39.3 Å². The Morgan fingerprint density at radius 2 is 1.76 bits per heavy atom. The molecule has 0 saturated carbocycles. The van der Waals surface area contributed by atoms with Gasteiger partial charge >= 0.3 is 5.97 Å². The van der Waals surface area contributed by atoms with Gasteiger partial charge in [0.1, 0.15) is 6.61 Å². The Hall–Kier alpha value is -3.36. The predicted molar refractivity (Wildman–Crippen MR) is 128 cm³/mol. The zero-order valence-corrected chi connectivity index (χ0v) is 20.0. The van der Waals surface area contributed by atoms with Gasteiger partial charge in [-0.05, 0) is 23.1 Å². The van der Waals surface area contributed by atoms with Crippen LogP contribution in [0.4, 0.5) is 0 Å². The molecule has 8 nitrogen and oxygen atoms in total. The first-order valence-electron chi connectivity index (χ1n) is 10.8. The summed E-state index contributed by atoms with van der Waals surface area (Å²) in [5.41, 5.74) is 0.767.